The molecule has 1 aromatic carbocycles. The van der Waals surface area contributed by atoms with Crippen LogP contribution in [0.3, 0.4) is 0 Å². The van der Waals surface area contributed by atoms with Crippen molar-refractivity contribution < 1.29 is 0 Å². The van der Waals surface area contributed by atoms with Gasteiger partial charge in [-0.3, -0.25) is 0 Å². The number of hydrogen-bond acceptors (Lipinski definition) is 1. The maximum absolute atomic E-state index is 3.90. The minimum atomic E-state index is 0.764. The van der Waals surface area contributed by atoms with E-state index < -0.39 is 0 Å². The van der Waals surface area contributed by atoms with Crippen molar-refractivity contribution in [2.45, 2.75) is 25.7 Å². The van der Waals surface area contributed by atoms with E-state index in [1.165, 1.54) is 42.5 Å². The third-order valence-electron chi connectivity index (χ3n) is 3.96. The lowest BCUT2D eigenvalue weighted by Crippen LogP contribution is -2.22. The summed E-state index contributed by atoms with van der Waals surface area (Å²) in [6, 6.07) is 6.83. The SMILES string of the molecule is C=C/C=C\C(=C/C=C)N(CC=C)c1ccc2c(c1)CCCC2. The lowest BCUT2D eigenvalue weighted by Gasteiger charge is -2.27. The fourth-order valence-electron chi connectivity index (χ4n) is 2.90. The summed E-state index contributed by atoms with van der Waals surface area (Å²) < 4.78 is 0. The number of fused-ring (bicyclic) bond motifs is 1. The molecule has 0 aromatic heterocycles. The third kappa shape index (κ3) is 3.88. The molecule has 0 N–H and O–H groups in total. The highest BCUT2D eigenvalue weighted by Gasteiger charge is 2.13. The van der Waals surface area contributed by atoms with Gasteiger partial charge in [-0.15, -0.1) is 6.58 Å². The smallest absolute Gasteiger partial charge is 0.0416 e. The molecule has 0 spiro atoms. The van der Waals surface area contributed by atoms with Gasteiger partial charge in [-0.25, -0.2) is 0 Å². The van der Waals surface area contributed by atoms with Crippen LogP contribution in [0.5, 0.6) is 0 Å². The van der Waals surface area contributed by atoms with Crippen LogP contribution >= 0.6 is 0 Å². The van der Waals surface area contributed by atoms with Crippen molar-refractivity contribution >= 4 is 5.69 Å². The summed E-state index contributed by atoms with van der Waals surface area (Å²) in [5.41, 5.74) is 5.29. The summed E-state index contributed by atoms with van der Waals surface area (Å²) in [4.78, 5) is 2.25. The minimum Gasteiger partial charge on any atom is -0.338 e. The van der Waals surface area contributed by atoms with Gasteiger partial charge in [0.05, 0.1) is 0 Å². The summed E-state index contributed by atoms with van der Waals surface area (Å²) in [5.74, 6) is 0. The summed E-state index contributed by atoms with van der Waals surface area (Å²) in [5, 5.41) is 0. The van der Waals surface area contributed by atoms with Crippen LogP contribution in [-0.2, 0) is 12.8 Å². The fraction of sp³-hybridized carbons (Fsp3) is 0.238. The number of allylic oxidation sites excluding steroid dienone is 5. The average molecular weight is 291 g/mol. The van der Waals surface area contributed by atoms with Gasteiger partial charge in [-0.2, -0.15) is 0 Å². The van der Waals surface area contributed by atoms with Crippen LogP contribution in [0.2, 0.25) is 0 Å². The summed E-state index contributed by atoms with van der Waals surface area (Å²) in [6.45, 7) is 12.2. The molecule has 1 aliphatic carbocycles. The van der Waals surface area contributed by atoms with Gasteiger partial charge in [0.15, 0.2) is 0 Å². The minimum absolute atomic E-state index is 0.764. The van der Waals surface area contributed by atoms with Crippen LogP contribution < -0.4 is 4.90 Å². The predicted octanol–water partition coefficient (Wildman–Crippen LogP) is 5.37. The van der Waals surface area contributed by atoms with Crippen molar-refractivity contribution in [2.75, 3.05) is 11.4 Å². The van der Waals surface area contributed by atoms with E-state index in [4.69, 9.17) is 0 Å². The number of anilines is 1. The second-order valence-corrected chi connectivity index (χ2v) is 5.48. The maximum Gasteiger partial charge on any atom is 0.0416 e. The van der Waals surface area contributed by atoms with Crippen molar-refractivity contribution in [3.63, 3.8) is 0 Å². The van der Waals surface area contributed by atoms with Crippen molar-refractivity contribution in [2.24, 2.45) is 0 Å². The summed E-state index contributed by atoms with van der Waals surface area (Å²) in [6.07, 6.45) is 16.6. The number of nitrogens with zero attached hydrogens (tertiary/aromatic N) is 1. The molecule has 2 rings (SSSR count). The van der Waals surface area contributed by atoms with Gasteiger partial charge in [-0.05, 0) is 61.1 Å². The van der Waals surface area contributed by atoms with E-state index in [2.05, 4.69) is 48.9 Å². The zero-order chi connectivity index (χ0) is 15.8. The first-order chi connectivity index (χ1) is 10.8. The van der Waals surface area contributed by atoms with E-state index in [-0.39, 0.29) is 0 Å². The molecule has 0 bridgehead atoms. The zero-order valence-electron chi connectivity index (χ0n) is 13.3. The fourth-order valence-corrected chi connectivity index (χ4v) is 2.90. The topological polar surface area (TPSA) is 3.24 Å². The second kappa shape index (κ2) is 8.23. The van der Waals surface area contributed by atoms with E-state index >= 15 is 0 Å². The van der Waals surface area contributed by atoms with Crippen molar-refractivity contribution in [3.8, 4) is 0 Å². The molecule has 0 heterocycles. The third-order valence-corrected chi connectivity index (χ3v) is 3.96. The highest BCUT2D eigenvalue weighted by Crippen LogP contribution is 2.28. The molecule has 22 heavy (non-hydrogen) atoms. The molecule has 1 aromatic rings. The molecule has 0 atom stereocenters. The number of hydrogen-bond donors (Lipinski definition) is 0. The Bertz CT molecular complexity index is 604. The Balaban J connectivity index is 2.39. The van der Waals surface area contributed by atoms with Gasteiger partial charge < -0.3 is 4.90 Å². The lowest BCUT2D eigenvalue weighted by molar-refractivity contribution is 0.685. The standard InChI is InChI=1S/C21H25N/c1-4-7-13-20(10-5-2)22(16-6-3)21-15-14-18-11-8-9-12-19(18)17-21/h4-7,10,13-15,17H,1-3,8-9,11-12,16H2/b13-7-,20-10+. The summed E-state index contributed by atoms with van der Waals surface area (Å²) >= 11 is 0. The Labute approximate surface area is 134 Å². The lowest BCUT2D eigenvalue weighted by atomic mass is 9.91. The molecule has 0 fully saturated rings. The molecule has 0 amide bonds. The molecule has 0 radical (unpaired) electrons. The average Bonchev–Trinajstić information content (AvgIpc) is 2.56. The zero-order valence-corrected chi connectivity index (χ0v) is 13.3. The first kappa shape index (κ1) is 16.1. The second-order valence-electron chi connectivity index (χ2n) is 5.48. The van der Waals surface area contributed by atoms with Gasteiger partial charge in [0.2, 0.25) is 0 Å². The highest BCUT2D eigenvalue weighted by atomic mass is 15.1. The van der Waals surface area contributed by atoms with Crippen LogP contribution in [0.1, 0.15) is 24.0 Å². The molecule has 0 aliphatic heterocycles. The summed E-state index contributed by atoms with van der Waals surface area (Å²) in [7, 11) is 0. The molecule has 1 nitrogen and oxygen atoms in total. The van der Waals surface area contributed by atoms with Crippen LogP contribution in [-0.4, -0.2) is 6.54 Å². The van der Waals surface area contributed by atoms with Crippen LogP contribution in [0, 0.1) is 0 Å². The number of aryl methyl sites for hydroxylation is 2. The van der Waals surface area contributed by atoms with Crippen molar-refractivity contribution in [1.82, 2.24) is 0 Å². The molecular formula is C21H25N. The van der Waals surface area contributed by atoms with Gasteiger partial charge >= 0.3 is 0 Å². The Morgan fingerprint density at radius 3 is 2.50 bits per heavy atom. The number of benzene rings is 1. The van der Waals surface area contributed by atoms with Crippen LogP contribution in [0.4, 0.5) is 5.69 Å². The Hall–Kier alpha value is -2.28. The van der Waals surface area contributed by atoms with E-state index in [9.17, 15) is 0 Å². The normalized spacial score (nSPS) is 14.5. The molecule has 0 saturated carbocycles. The number of rotatable bonds is 7. The van der Waals surface area contributed by atoms with Crippen molar-refractivity contribution in [1.29, 1.82) is 0 Å². The van der Waals surface area contributed by atoms with Gasteiger partial charge in [0, 0.05) is 17.9 Å². The first-order valence-corrected chi connectivity index (χ1v) is 7.92. The van der Waals surface area contributed by atoms with E-state index in [1.54, 1.807) is 6.08 Å². The Morgan fingerprint density at radius 1 is 1.05 bits per heavy atom. The Kier molecular flexibility index (Phi) is 6.02. The first-order valence-electron chi connectivity index (χ1n) is 7.92. The molecule has 114 valence electrons. The molecule has 1 heteroatoms. The van der Waals surface area contributed by atoms with Gasteiger partial charge in [0.1, 0.15) is 0 Å². The maximum atomic E-state index is 3.90. The van der Waals surface area contributed by atoms with E-state index in [0.29, 0.717) is 0 Å². The van der Waals surface area contributed by atoms with Crippen molar-refractivity contribution in [3.05, 3.63) is 91.2 Å². The molecule has 0 unspecified atom stereocenters. The quantitative estimate of drug-likeness (QED) is 0.482. The Morgan fingerprint density at radius 2 is 1.82 bits per heavy atom. The van der Waals surface area contributed by atoms with Crippen LogP contribution in [0.15, 0.2) is 80.1 Å². The van der Waals surface area contributed by atoms with Gasteiger partial charge in [-0.1, -0.05) is 43.5 Å². The van der Waals surface area contributed by atoms with E-state index in [0.717, 1.165) is 12.2 Å². The molecular weight excluding hydrogens is 266 g/mol. The molecule has 0 saturated heterocycles. The highest BCUT2D eigenvalue weighted by molar-refractivity contribution is 5.59. The monoisotopic (exact) mass is 291 g/mol. The predicted molar refractivity (Wildman–Crippen MR) is 98.2 cm³/mol. The van der Waals surface area contributed by atoms with E-state index in [1.807, 2.05) is 24.3 Å². The molecule has 1 aliphatic rings. The van der Waals surface area contributed by atoms with Crippen LogP contribution in [0.25, 0.3) is 0 Å². The van der Waals surface area contributed by atoms with Gasteiger partial charge in [0.25, 0.3) is 0 Å². The largest absolute Gasteiger partial charge is 0.338 e.